The number of imidazole rings is 1. The van der Waals surface area contributed by atoms with Gasteiger partial charge in [0.25, 0.3) is 0 Å². The van der Waals surface area contributed by atoms with Gasteiger partial charge < -0.3 is 9.88 Å². The summed E-state index contributed by atoms with van der Waals surface area (Å²) >= 11 is 5.92. The van der Waals surface area contributed by atoms with Crippen molar-refractivity contribution in [2.45, 2.75) is 25.3 Å². The summed E-state index contributed by atoms with van der Waals surface area (Å²) in [5, 5.41) is 4.19. The van der Waals surface area contributed by atoms with E-state index in [-0.39, 0.29) is 0 Å². The van der Waals surface area contributed by atoms with Crippen LogP contribution in [0.1, 0.15) is 30.3 Å². The molecule has 100 valence electrons. The summed E-state index contributed by atoms with van der Waals surface area (Å²) in [6.07, 6.45) is 7.26. The minimum absolute atomic E-state index is 0.589. The Kier molecular flexibility index (Phi) is 3.85. The molecule has 0 atom stereocenters. The number of benzene rings is 1. The first-order valence-electron chi connectivity index (χ1n) is 6.80. The molecule has 3 nitrogen and oxygen atoms in total. The molecule has 2 heterocycles. The number of hydrogen-bond acceptors (Lipinski definition) is 2. The van der Waals surface area contributed by atoms with Crippen LogP contribution in [-0.4, -0.2) is 22.6 Å². The Labute approximate surface area is 118 Å². The van der Waals surface area contributed by atoms with Crippen molar-refractivity contribution in [3.8, 4) is 0 Å². The second kappa shape index (κ2) is 5.76. The number of aromatic nitrogens is 2. The Morgan fingerprint density at radius 3 is 2.68 bits per heavy atom. The number of piperidine rings is 1. The van der Waals surface area contributed by atoms with Gasteiger partial charge in [-0.15, -0.1) is 0 Å². The van der Waals surface area contributed by atoms with E-state index in [1.807, 2.05) is 18.3 Å². The van der Waals surface area contributed by atoms with E-state index in [0.29, 0.717) is 6.04 Å². The van der Waals surface area contributed by atoms with Crippen molar-refractivity contribution in [1.29, 1.82) is 0 Å². The zero-order chi connectivity index (χ0) is 13.1. The zero-order valence-corrected chi connectivity index (χ0v) is 11.6. The number of rotatable bonds is 3. The first-order valence-corrected chi connectivity index (χ1v) is 7.17. The molecule has 0 spiro atoms. The summed E-state index contributed by atoms with van der Waals surface area (Å²) in [7, 11) is 0. The van der Waals surface area contributed by atoms with Crippen molar-refractivity contribution >= 4 is 11.6 Å². The van der Waals surface area contributed by atoms with Crippen LogP contribution in [0.15, 0.2) is 36.7 Å². The van der Waals surface area contributed by atoms with Crippen molar-refractivity contribution in [3.63, 3.8) is 0 Å². The number of hydrogen-bond donors (Lipinski definition) is 1. The predicted molar refractivity (Wildman–Crippen MR) is 77.6 cm³/mol. The van der Waals surface area contributed by atoms with E-state index in [1.54, 1.807) is 0 Å². The second-order valence-corrected chi connectivity index (χ2v) is 5.47. The minimum Gasteiger partial charge on any atom is -0.332 e. The first-order chi connectivity index (χ1) is 9.33. The quantitative estimate of drug-likeness (QED) is 0.933. The molecular weight excluding hydrogens is 258 g/mol. The molecule has 2 aromatic rings. The van der Waals surface area contributed by atoms with Crippen LogP contribution < -0.4 is 5.32 Å². The van der Waals surface area contributed by atoms with Crippen molar-refractivity contribution < 1.29 is 0 Å². The molecule has 0 aliphatic carbocycles. The number of nitrogens with zero attached hydrogens (tertiary/aromatic N) is 2. The Hall–Kier alpha value is -1.32. The highest BCUT2D eigenvalue weighted by Crippen LogP contribution is 2.21. The third-order valence-electron chi connectivity index (χ3n) is 3.73. The lowest BCUT2D eigenvalue weighted by atomic mass is 10.1. The van der Waals surface area contributed by atoms with Crippen LogP contribution in [0.3, 0.4) is 0 Å². The third-order valence-corrected chi connectivity index (χ3v) is 3.98. The maximum atomic E-state index is 5.92. The van der Waals surface area contributed by atoms with Crippen LogP contribution in [0, 0.1) is 0 Å². The molecule has 1 N–H and O–H groups in total. The number of nitrogens with one attached hydrogen (secondary N) is 1. The molecule has 1 aromatic heterocycles. The van der Waals surface area contributed by atoms with Crippen LogP contribution >= 0.6 is 11.6 Å². The maximum absolute atomic E-state index is 5.92. The molecule has 1 saturated heterocycles. The molecule has 0 saturated carbocycles. The van der Waals surface area contributed by atoms with Gasteiger partial charge in [-0.05, 0) is 43.6 Å². The standard InChI is InChI=1S/C15H18ClN3/c16-13-3-1-12(2-4-13)11-15-18-9-10-19(15)14-5-7-17-8-6-14/h1-4,9-10,14,17H,5-8,11H2. The molecule has 1 aromatic carbocycles. The van der Waals surface area contributed by atoms with Gasteiger partial charge in [-0.1, -0.05) is 23.7 Å². The van der Waals surface area contributed by atoms with Gasteiger partial charge in [0.2, 0.25) is 0 Å². The summed E-state index contributed by atoms with van der Waals surface area (Å²) in [6, 6.07) is 8.61. The predicted octanol–water partition coefficient (Wildman–Crippen LogP) is 3.05. The Balaban J connectivity index is 1.77. The normalized spacial score (nSPS) is 16.7. The van der Waals surface area contributed by atoms with Crippen LogP contribution in [0.25, 0.3) is 0 Å². The Morgan fingerprint density at radius 2 is 1.95 bits per heavy atom. The van der Waals surface area contributed by atoms with E-state index < -0.39 is 0 Å². The van der Waals surface area contributed by atoms with Crippen molar-refractivity contribution in [2.24, 2.45) is 0 Å². The molecule has 4 heteroatoms. The summed E-state index contributed by atoms with van der Waals surface area (Å²) in [5.74, 6) is 1.15. The van der Waals surface area contributed by atoms with Crippen LogP contribution in [0.2, 0.25) is 5.02 Å². The molecule has 19 heavy (non-hydrogen) atoms. The van der Waals surface area contributed by atoms with Crippen molar-refractivity contribution in [2.75, 3.05) is 13.1 Å². The fraction of sp³-hybridized carbons (Fsp3) is 0.400. The van der Waals surface area contributed by atoms with E-state index in [0.717, 1.165) is 30.4 Å². The summed E-state index contributed by atoms with van der Waals surface area (Å²) in [5.41, 5.74) is 1.26. The lowest BCUT2D eigenvalue weighted by molar-refractivity contribution is 0.361. The zero-order valence-electron chi connectivity index (χ0n) is 10.8. The van der Waals surface area contributed by atoms with E-state index in [4.69, 9.17) is 11.6 Å². The lowest BCUT2D eigenvalue weighted by Crippen LogP contribution is -2.29. The first kappa shape index (κ1) is 12.7. The van der Waals surface area contributed by atoms with Gasteiger partial charge >= 0.3 is 0 Å². The fourth-order valence-corrected chi connectivity index (χ4v) is 2.81. The highest BCUT2D eigenvalue weighted by atomic mass is 35.5. The average molecular weight is 276 g/mol. The molecule has 1 aliphatic rings. The molecule has 0 radical (unpaired) electrons. The Bertz CT molecular complexity index is 527. The minimum atomic E-state index is 0.589. The summed E-state index contributed by atoms with van der Waals surface area (Å²) in [4.78, 5) is 4.52. The van der Waals surface area contributed by atoms with E-state index >= 15 is 0 Å². The summed E-state index contributed by atoms with van der Waals surface area (Å²) < 4.78 is 2.34. The molecule has 0 amide bonds. The van der Waals surface area contributed by atoms with Gasteiger partial charge in [0, 0.05) is 29.9 Å². The van der Waals surface area contributed by atoms with Crippen molar-refractivity contribution in [1.82, 2.24) is 14.9 Å². The van der Waals surface area contributed by atoms with Gasteiger partial charge in [-0.25, -0.2) is 4.98 Å². The monoisotopic (exact) mass is 275 g/mol. The highest BCUT2D eigenvalue weighted by molar-refractivity contribution is 6.30. The smallest absolute Gasteiger partial charge is 0.113 e. The summed E-state index contributed by atoms with van der Waals surface area (Å²) in [6.45, 7) is 2.20. The van der Waals surface area contributed by atoms with Gasteiger partial charge in [-0.2, -0.15) is 0 Å². The van der Waals surface area contributed by atoms with Gasteiger partial charge in [0.05, 0.1) is 0 Å². The van der Waals surface area contributed by atoms with Crippen LogP contribution in [0.4, 0.5) is 0 Å². The van der Waals surface area contributed by atoms with Gasteiger partial charge in [0.1, 0.15) is 5.82 Å². The average Bonchev–Trinajstić information content (AvgIpc) is 2.90. The molecule has 3 rings (SSSR count). The van der Waals surface area contributed by atoms with E-state index in [2.05, 4.69) is 33.2 Å². The van der Waals surface area contributed by atoms with Crippen LogP contribution in [-0.2, 0) is 6.42 Å². The van der Waals surface area contributed by atoms with Gasteiger partial charge in [-0.3, -0.25) is 0 Å². The van der Waals surface area contributed by atoms with Gasteiger partial charge in [0.15, 0.2) is 0 Å². The topological polar surface area (TPSA) is 29.9 Å². The van der Waals surface area contributed by atoms with E-state index in [9.17, 15) is 0 Å². The molecule has 0 unspecified atom stereocenters. The molecule has 0 bridgehead atoms. The Morgan fingerprint density at radius 1 is 1.21 bits per heavy atom. The fourth-order valence-electron chi connectivity index (χ4n) is 2.68. The van der Waals surface area contributed by atoms with E-state index in [1.165, 1.54) is 18.4 Å². The third kappa shape index (κ3) is 2.99. The highest BCUT2D eigenvalue weighted by Gasteiger charge is 2.17. The maximum Gasteiger partial charge on any atom is 0.113 e. The lowest BCUT2D eigenvalue weighted by Gasteiger charge is -2.25. The number of halogens is 1. The van der Waals surface area contributed by atoms with Crippen molar-refractivity contribution in [3.05, 3.63) is 53.1 Å². The largest absolute Gasteiger partial charge is 0.332 e. The SMILES string of the molecule is Clc1ccc(Cc2nccn2C2CCNCC2)cc1. The molecule has 1 fully saturated rings. The molecular formula is C15H18ClN3. The molecule has 1 aliphatic heterocycles. The second-order valence-electron chi connectivity index (χ2n) is 5.04. The van der Waals surface area contributed by atoms with Crippen LogP contribution in [0.5, 0.6) is 0 Å².